The lowest BCUT2D eigenvalue weighted by atomic mass is 10.1. The first-order chi connectivity index (χ1) is 15.1. The number of fused-ring (bicyclic) bond motifs is 1. The summed E-state index contributed by atoms with van der Waals surface area (Å²) >= 11 is 0. The van der Waals surface area contributed by atoms with Crippen LogP contribution in [0.5, 0.6) is 0 Å². The number of imidazole rings is 1. The number of nitrogens with zero attached hydrogens (tertiary/aromatic N) is 5. The summed E-state index contributed by atoms with van der Waals surface area (Å²) in [5, 5.41) is 19.5. The number of ketones is 1. The Morgan fingerprint density at radius 1 is 1.10 bits per heavy atom. The van der Waals surface area contributed by atoms with Crippen molar-refractivity contribution in [3.8, 4) is 17.6 Å². The minimum Gasteiger partial charge on any atom is -0.366 e. The zero-order valence-corrected chi connectivity index (χ0v) is 16.3. The van der Waals surface area contributed by atoms with Crippen molar-refractivity contribution in [1.29, 1.82) is 5.26 Å². The second-order valence-electron chi connectivity index (χ2n) is 6.67. The molecule has 0 spiro atoms. The van der Waals surface area contributed by atoms with Gasteiger partial charge in [-0.3, -0.25) is 9.59 Å². The summed E-state index contributed by atoms with van der Waals surface area (Å²) in [5.74, 6) is 0.00166. The number of nitriles is 1. The van der Waals surface area contributed by atoms with Crippen LogP contribution in [0.3, 0.4) is 0 Å². The average molecular weight is 415 g/mol. The third kappa shape index (κ3) is 3.97. The summed E-state index contributed by atoms with van der Waals surface area (Å²) < 4.78 is 6.61. The molecule has 0 radical (unpaired) electrons. The molecular weight excluding hydrogens is 398 g/mol. The first kappa shape index (κ1) is 19.8. The Labute approximate surface area is 176 Å². The lowest BCUT2D eigenvalue weighted by molar-refractivity contribution is 0.0969. The molecule has 0 aliphatic heterocycles. The number of amides is 1. The smallest absolute Gasteiger partial charge is 0.248 e. The third-order valence-electron chi connectivity index (χ3n) is 4.68. The van der Waals surface area contributed by atoms with Crippen molar-refractivity contribution in [2.75, 3.05) is 11.9 Å². The molecule has 31 heavy (non-hydrogen) atoms. The maximum Gasteiger partial charge on any atom is 0.248 e. The third-order valence-corrected chi connectivity index (χ3v) is 4.68. The summed E-state index contributed by atoms with van der Waals surface area (Å²) in [6, 6.07) is 15.6. The van der Waals surface area contributed by atoms with Gasteiger partial charge >= 0.3 is 0 Å². The lowest BCUT2D eigenvalue weighted by Crippen LogP contribution is -2.14. The van der Waals surface area contributed by atoms with Gasteiger partial charge in [0, 0.05) is 17.7 Å². The quantitative estimate of drug-likeness (QED) is 0.328. The van der Waals surface area contributed by atoms with E-state index in [1.165, 1.54) is 12.1 Å². The maximum absolute atomic E-state index is 13.0. The highest BCUT2D eigenvalue weighted by molar-refractivity contribution is 5.99. The van der Waals surface area contributed by atoms with Crippen LogP contribution >= 0.6 is 0 Å². The van der Waals surface area contributed by atoms with E-state index < -0.39 is 5.91 Å². The number of nitrogens with two attached hydrogens (primary N) is 1. The van der Waals surface area contributed by atoms with E-state index in [9.17, 15) is 9.59 Å². The van der Waals surface area contributed by atoms with Crippen LogP contribution in [0.1, 0.15) is 27.1 Å². The van der Waals surface area contributed by atoms with Crippen LogP contribution in [0.2, 0.25) is 0 Å². The fraction of sp³-hybridized carbons (Fsp3) is 0.143. The van der Waals surface area contributed by atoms with Gasteiger partial charge in [0.25, 0.3) is 0 Å². The number of rotatable bonds is 8. The van der Waals surface area contributed by atoms with Crippen LogP contribution in [0, 0.1) is 11.3 Å². The SMILES string of the molecule is N#CCCNc1nonc1-c1nc2ccccc2n1CC(=O)c1ccc(C(N)=O)cc1. The van der Waals surface area contributed by atoms with E-state index in [1.807, 2.05) is 30.3 Å². The maximum atomic E-state index is 13.0. The van der Waals surface area contributed by atoms with Crippen molar-refractivity contribution in [2.45, 2.75) is 13.0 Å². The number of benzene rings is 2. The monoisotopic (exact) mass is 415 g/mol. The molecule has 4 aromatic rings. The van der Waals surface area contributed by atoms with Crippen molar-refractivity contribution in [2.24, 2.45) is 5.73 Å². The zero-order chi connectivity index (χ0) is 21.8. The van der Waals surface area contributed by atoms with Gasteiger partial charge in [-0.05, 0) is 34.6 Å². The zero-order valence-electron chi connectivity index (χ0n) is 16.3. The van der Waals surface area contributed by atoms with Crippen molar-refractivity contribution in [3.05, 3.63) is 59.7 Å². The Kier molecular flexibility index (Phi) is 5.40. The molecule has 0 fully saturated rings. The number of carbonyl (C=O) groups is 2. The number of hydrogen-bond acceptors (Lipinski definition) is 8. The van der Waals surface area contributed by atoms with Crippen LogP contribution in [-0.2, 0) is 6.54 Å². The molecule has 0 saturated heterocycles. The van der Waals surface area contributed by atoms with E-state index in [4.69, 9.17) is 15.6 Å². The molecule has 0 bridgehead atoms. The second-order valence-corrected chi connectivity index (χ2v) is 6.67. The summed E-state index contributed by atoms with van der Waals surface area (Å²) in [6.45, 7) is 0.347. The van der Waals surface area contributed by atoms with Gasteiger partial charge in [0.05, 0.1) is 30.1 Å². The summed E-state index contributed by atoms with van der Waals surface area (Å²) in [6.07, 6.45) is 0.280. The van der Waals surface area contributed by atoms with Gasteiger partial charge < -0.3 is 15.6 Å². The highest BCUT2D eigenvalue weighted by Crippen LogP contribution is 2.28. The molecule has 0 atom stereocenters. The number of nitrogens with one attached hydrogen (secondary N) is 1. The van der Waals surface area contributed by atoms with Gasteiger partial charge in [0.2, 0.25) is 11.7 Å². The van der Waals surface area contributed by atoms with Crippen molar-refractivity contribution in [1.82, 2.24) is 19.9 Å². The largest absolute Gasteiger partial charge is 0.366 e. The standard InChI is InChI=1S/C21H17N7O3/c22-10-3-11-24-20-18(26-31-27-20)21-25-15-4-1-2-5-16(15)28(21)12-17(29)13-6-8-14(9-7-13)19(23)30/h1-2,4-9H,3,11-12H2,(H2,23,30)(H,24,27). The van der Waals surface area contributed by atoms with Crippen molar-refractivity contribution < 1.29 is 14.2 Å². The molecular formula is C21H17N7O3. The van der Waals surface area contributed by atoms with Gasteiger partial charge in [-0.1, -0.05) is 24.3 Å². The van der Waals surface area contributed by atoms with E-state index in [1.54, 1.807) is 16.7 Å². The molecule has 154 valence electrons. The van der Waals surface area contributed by atoms with Crippen LogP contribution in [0.25, 0.3) is 22.6 Å². The van der Waals surface area contributed by atoms with Crippen LogP contribution in [-0.4, -0.2) is 38.1 Å². The molecule has 0 unspecified atom stereocenters. The predicted octanol–water partition coefficient (Wildman–Crippen LogP) is 2.39. The minimum atomic E-state index is -0.558. The summed E-state index contributed by atoms with van der Waals surface area (Å²) in [7, 11) is 0. The Balaban J connectivity index is 1.71. The Morgan fingerprint density at radius 2 is 1.84 bits per heavy atom. The summed E-state index contributed by atoms with van der Waals surface area (Å²) in [5.41, 5.74) is 7.78. The van der Waals surface area contributed by atoms with Gasteiger partial charge in [0.1, 0.15) is 0 Å². The average Bonchev–Trinajstić information content (AvgIpc) is 3.38. The van der Waals surface area contributed by atoms with Gasteiger partial charge in [-0.15, -0.1) is 0 Å². The van der Waals surface area contributed by atoms with Gasteiger partial charge in [-0.25, -0.2) is 9.61 Å². The second kappa shape index (κ2) is 8.46. The number of Topliss-reactive ketones (excluding diaryl/α,β-unsaturated/α-hetero) is 1. The molecule has 2 aromatic heterocycles. The topological polar surface area (TPSA) is 153 Å². The highest BCUT2D eigenvalue weighted by atomic mass is 16.6. The molecule has 0 aliphatic carbocycles. The molecule has 1 amide bonds. The number of hydrogen-bond donors (Lipinski definition) is 2. The lowest BCUT2D eigenvalue weighted by Gasteiger charge is -2.08. The molecule has 3 N–H and O–H groups in total. The number of para-hydroxylation sites is 2. The molecule has 0 aliphatic rings. The van der Waals surface area contributed by atoms with E-state index in [0.29, 0.717) is 40.5 Å². The number of anilines is 1. The normalized spacial score (nSPS) is 10.7. The van der Waals surface area contributed by atoms with E-state index >= 15 is 0 Å². The van der Waals surface area contributed by atoms with E-state index in [2.05, 4.69) is 20.6 Å². The van der Waals surface area contributed by atoms with Crippen LogP contribution < -0.4 is 11.1 Å². The Hall–Kier alpha value is -4.52. The Morgan fingerprint density at radius 3 is 2.58 bits per heavy atom. The van der Waals surface area contributed by atoms with Crippen LogP contribution in [0.15, 0.2) is 53.2 Å². The molecule has 10 nitrogen and oxygen atoms in total. The molecule has 2 aromatic carbocycles. The number of aromatic nitrogens is 4. The first-order valence-corrected chi connectivity index (χ1v) is 9.40. The first-order valence-electron chi connectivity index (χ1n) is 9.40. The predicted molar refractivity (Wildman–Crippen MR) is 111 cm³/mol. The molecule has 4 rings (SSSR count). The Bertz CT molecular complexity index is 1300. The minimum absolute atomic E-state index is 0.0176. The fourth-order valence-corrected chi connectivity index (χ4v) is 3.16. The van der Waals surface area contributed by atoms with Gasteiger partial charge in [-0.2, -0.15) is 5.26 Å². The molecule has 0 saturated carbocycles. The van der Waals surface area contributed by atoms with Crippen molar-refractivity contribution >= 4 is 28.5 Å². The van der Waals surface area contributed by atoms with E-state index in [0.717, 1.165) is 5.52 Å². The van der Waals surface area contributed by atoms with Crippen molar-refractivity contribution in [3.63, 3.8) is 0 Å². The van der Waals surface area contributed by atoms with Crippen LogP contribution in [0.4, 0.5) is 5.82 Å². The number of primary amides is 1. The summed E-state index contributed by atoms with van der Waals surface area (Å²) in [4.78, 5) is 28.9. The molecule has 2 heterocycles. The molecule has 10 heteroatoms. The van der Waals surface area contributed by atoms with E-state index in [-0.39, 0.29) is 18.7 Å². The highest BCUT2D eigenvalue weighted by Gasteiger charge is 2.22. The number of carbonyl (C=O) groups excluding carboxylic acids is 2. The van der Waals surface area contributed by atoms with Gasteiger partial charge in [0.15, 0.2) is 17.3 Å². The fourth-order valence-electron chi connectivity index (χ4n) is 3.16.